The van der Waals surface area contributed by atoms with Crippen LogP contribution >= 0.6 is 0 Å². The van der Waals surface area contributed by atoms with Gasteiger partial charge in [-0.05, 0) is 38.7 Å². The molecule has 1 rings (SSSR count). The van der Waals surface area contributed by atoms with Crippen LogP contribution in [0.25, 0.3) is 0 Å². The number of esters is 1. The molecule has 0 radical (unpaired) electrons. The number of nitrogens with one attached hydrogen (secondary N) is 1. The molecule has 118 valence electrons. The van der Waals surface area contributed by atoms with Crippen LogP contribution < -0.4 is 10.1 Å². The Bertz CT molecular complexity index is 463. The highest BCUT2D eigenvalue weighted by Gasteiger charge is 2.22. The van der Waals surface area contributed by atoms with Gasteiger partial charge in [0, 0.05) is 13.1 Å². The average molecular weight is 296 g/mol. The maximum Gasteiger partial charge on any atom is 0.327 e. The van der Waals surface area contributed by atoms with Gasteiger partial charge >= 0.3 is 5.97 Å². The third-order valence-corrected chi connectivity index (χ3v) is 2.97. The van der Waals surface area contributed by atoms with Crippen LogP contribution in [-0.4, -0.2) is 56.9 Å². The number of nitrogens with zero attached hydrogens (tertiary/aromatic N) is 1. The van der Waals surface area contributed by atoms with E-state index in [1.165, 1.54) is 13.2 Å². The fourth-order valence-electron chi connectivity index (χ4n) is 1.88. The van der Waals surface area contributed by atoms with Gasteiger partial charge in [-0.25, -0.2) is 4.79 Å². The van der Waals surface area contributed by atoms with Crippen LogP contribution in [-0.2, 0) is 9.53 Å². The van der Waals surface area contributed by atoms with Crippen molar-refractivity contribution in [3.8, 4) is 11.5 Å². The van der Waals surface area contributed by atoms with Crippen molar-refractivity contribution in [1.82, 2.24) is 10.2 Å². The molecule has 0 saturated heterocycles. The molecule has 1 unspecified atom stereocenters. The zero-order valence-electron chi connectivity index (χ0n) is 13.0. The maximum absolute atomic E-state index is 12.1. The smallest absolute Gasteiger partial charge is 0.327 e. The Morgan fingerprint density at radius 2 is 2.14 bits per heavy atom. The van der Waals surface area contributed by atoms with E-state index in [2.05, 4.69) is 5.32 Å². The molecule has 1 atom stereocenters. The number of benzene rings is 1. The lowest BCUT2D eigenvalue weighted by atomic mass is 10.1. The normalized spacial score (nSPS) is 12.2. The van der Waals surface area contributed by atoms with Gasteiger partial charge < -0.3 is 19.5 Å². The summed E-state index contributed by atoms with van der Waals surface area (Å²) in [4.78, 5) is 14.1. The minimum absolute atomic E-state index is 0.00120. The summed E-state index contributed by atoms with van der Waals surface area (Å²) in [6.07, 6.45) is 0. The van der Waals surface area contributed by atoms with Gasteiger partial charge in [-0.1, -0.05) is 6.07 Å². The fourth-order valence-corrected chi connectivity index (χ4v) is 1.88. The third-order valence-electron chi connectivity index (χ3n) is 2.97. The van der Waals surface area contributed by atoms with Crippen molar-refractivity contribution in [2.24, 2.45) is 0 Å². The molecule has 0 heterocycles. The molecule has 1 aromatic carbocycles. The molecule has 6 heteroatoms. The molecule has 1 aromatic rings. The number of hydrogen-bond acceptors (Lipinski definition) is 6. The molecule has 21 heavy (non-hydrogen) atoms. The first-order valence-electron chi connectivity index (χ1n) is 6.91. The van der Waals surface area contributed by atoms with E-state index < -0.39 is 6.04 Å². The zero-order valence-corrected chi connectivity index (χ0v) is 13.0. The Morgan fingerprint density at radius 3 is 2.67 bits per heavy atom. The molecule has 0 aliphatic rings. The van der Waals surface area contributed by atoms with Crippen molar-refractivity contribution in [2.45, 2.75) is 13.0 Å². The van der Waals surface area contributed by atoms with Gasteiger partial charge in [-0.2, -0.15) is 0 Å². The Labute approximate surface area is 125 Å². The Hall–Kier alpha value is -1.79. The van der Waals surface area contributed by atoms with Crippen molar-refractivity contribution in [1.29, 1.82) is 0 Å². The lowest BCUT2D eigenvalue weighted by molar-refractivity contribution is -0.145. The van der Waals surface area contributed by atoms with E-state index in [1.807, 2.05) is 19.0 Å². The molecule has 0 amide bonds. The maximum atomic E-state index is 12.1. The van der Waals surface area contributed by atoms with Crippen LogP contribution in [0.4, 0.5) is 0 Å². The number of likely N-dealkylation sites (N-methyl/N-ethyl adjacent to an activating group) is 1. The number of phenols is 1. The predicted octanol–water partition coefficient (Wildman–Crippen LogP) is 1.16. The molecule has 0 aliphatic carbocycles. The Balaban J connectivity index is 2.89. The Morgan fingerprint density at radius 1 is 1.43 bits per heavy atom. The first-order valence-corrected chi connectivity index (χ1v) is 6.91. The van der Waals surface area contributed by atoms with E-state index >= 15 is 0 Å². The van der Waals surface area contributed by atoms with Gasteiger partial charge in [0.25, 0.3) is 0 Å². The summed E-state index contributed by atoms with van der Waals surface area (Å²) < 4.78 is 10.1. The van der Waals surface area contributed by atoms with E-state index in [9.17, 15) is 9.90 Å². The molecule has 0 fully saturated rings. The highest BCUT2D eigenvalue weighted by Crippen LogP contribution is 2.29. The molecule has 0 aromatic heterocycles. The van der Waals surface area contributed by atoms with E-state index in [4.69, 9.17) is 9.47 Å². The van der Waals surface area contributed by atoms with E-state index in [1.54, 1.807) is 19.1 Å². The number of phenolic OH excluding ortho intramolecular Hbond substituents is 1. The molecule has 0 spiro atoms. The second-order valence-electron chi connectivity index (χ2n) is 4.87. The second-order valence-corrected chi connectivity index (χ2v) is 4.87. The SMILES string of the molecule is CCOC(=O)C(NCCN(C)C)c1ccc(OC)c(O)c1. The first kappa shape index (κ1) is 17.3. The van der Waals surface area contributed by atoms with Crippen LogP contribution in [0.5, 0.6) is 11.5 Å². The highest BCUT2D eigenvalue weighted by molar-refractivity contribution is 5.78. The minimum Gasteiger partial charge on any atom is -0.504 e. The number of methoxy groups -OCH3 is 1. The summed E-state index contributed by atoms with van der Waals surface area (Å²) in [5.41, 5.74) is 0.644. The lowest BCUT2D eigenvalue weighted by Gasteiger charge is -2.19. The van der Waals surface area contributed by atoms with E-state index in [-0.39, 0.29) is 11.7 Å². The van der Waals surface area contributed by atoms with Crippen molar-refractivity contribution >= 4 is 5.97 Å². The lowest BCUT2D eigenvalue weighted by Crippen LogP contribution is -2.35. The summed E-state index contributed by atoms with van der Waals surface area (Å²) >= 11 is 0. The van der Waals surface area contributed by atoms with Crippen LogP contribution in [0.2, 0.25) is 0 Å². The summed E-state index contributed by atoms with van der Waals surface area (Å²) in [7, 11) is 5.40. The van der Waals surface area contributed by atoms with Crippen molar-refractivity contribution < 1.29 is 19.4 Å². The van der Waals surface area contributed by atoms with Gasteiger partial charge in [-0.15, -0.1) is 0 Å². The summed E-state index contributed by atoms with van der Waals surface area (Å²) in [6, 6.07) is 4.28. The van der Waals surface area contributed by atoms with Crippen LogP contribution in [0, 0.1) is 0 Å². The predicted molar refractivity (Wildman–Crippen MR) is 80.6 cm³/mol. The molecule has 0 bridgehead atoms. The Kier molecular flexibility index (Phi) is 6.98. The van der Waals surface area contributed by atoms with Gasteiger partial charge in [0.15, 0.2) is 11.5 Å². The average Bonchev–Trinajstić information content (AvgIpc) is 2.43. The third kappa shape index (κ3) is 5.24. The molecule has 0 saturated carbocycles. The number of carbonyl (C=O) groups is 1. The van der Waals surface area contributed by atoms with Crippen molar-refractivity contribution in [2.75, 3.05) is 40.9 Å². The summed E-state index contributed by atoms with van der Waals surface area (Å²) in [5, 5.41) is 13.0. The van der Waals surface area contributed by atoms with Gasteiger partial charge in [0.2, 0.25) is 0 Å². The molecule has 6 nitrogen and oxygen atoms in total. The highest BCUT2D eigenvalue weighted by atomic mass is 16.5. The zero-order chi connectivity index (χ0) is 15.8. The fraction of sp³-hybridized carbons (Fsp3) is 0.533. The van der Waals surface area contributed by atoms with Crippen LogP contribution in [0.1, 0.15) is 18.5 Å². The topological polar surface area (TPSA) is 71.0 Å². The van der Waals surface area contributed by atoms with E-state index in [0.717, 1.165) is 6.54 Å². The quantitative estimate of drug-likeness (QED) is 0.701. The van der Waals surface area contributed by atoms with Crippen molar-refractivity contribution in [3.05, 3.63) is 23.8 Å². The number of ether oxygens (including phenoxy) is 2. The first-order chi connectivity index (χ1) is 9.99. The van der Waals surface area contributed by atoms with Gasteiger partial charge in [-0.3, -0.25) is 5.32 Å². The van der Waals surface area contributed by atoms with Crippen LogP contribution in [0.3, 0.4) is 0 Å². The molecule has 0 aliphatic heterocycles. The number of carbonyl (C=O) groups excluding carboxylic acids is 1. The van der Waals surface area contributed by atoms with E-state index in [0.29, 0.717) is 24.5 Å². The monoisotopic (exact) mass is 296 g/mol. The van der Waals surface area contributed by atoms with Crippen molar-refractivity contribution in [3.63, 3.8) is 0 Å². The standard InChI is InChI=1S/C15H24N2O4/c1-5-21-15(19)14(16-8-9-17(2)3)11-6-7-13(20-4)12(18)10-11/h6-7,10,14,16,18H,5,8-9H2,1-4H3. The largest absolute Gasteiger partial charge is 0.504 e. The number of aromatic hydroxyl groups is 1. The molecule has 2 N–H and O–H groups in total. The molecular formula is C15H24N2O4. The van der Waals surface area contributed by atoms with Crippen LogP contribution in [0.15, 0.2) is 18.2 Å². The van der Waals surface area contributed by atoms with Gasteiger partial charge in [0.05, 0.1) is 13.7 Å². The summed E-state index contributed by atoms with van der Waals surface area (Å²) in [6.45, 7) is 3.49. The second kappa shape index (κ2) is 8.49. The molecular weight excluding hydrogens is 272 g/mol. The number of rotatable bonds is 8. The summed E-state index contributed by atoms with van der Waals surface area (Å²) in [5.74, 6) is 0.00850. The van der Waals surface area contributed by atoms with Gasteiger partial charge in [0.1, 0.15) is 6.04 Å². The number of hydrogen-bond donors (Lipinski definition) is 2. The minimum atomic E-state index is -0.610.